The number of pyridine rings is 1. The van der Waals surface area contributed by atoms with E-state index in [4.69, 9.17) is 10.5 Å². The Hall–Kier alpha value is -1.83. The quantitative estimate of drug-likeness (QED) is 0.362. The lowest BCUT2D eigenvalue weighted by Crippen LogP contribution is -2.32. The largest absolute Gasteiger partial charge is 0.487 e. The van der Waals surface area contributed by atoms with E-state index >= 15 is 0 Å². The smallest absolute Gasteiger partial charge is 0.188 e. The molecule has 3 N–H and O–H groups in total. The summed E-state index contributed by atoms with van der Waals surface area (Å²) in [4.78, 5) is 8.58. The van der Waals surface area contributed by atoms with Gasteiger partial charge >= 0.3 is 0 Å². The second kappa shape index (κ2) is 11.7. The van der Waals surface area contributed by atoms with Crippen molar-refractivity contribution in [2.24, 2.45) is 16.6 Å². The monoisotopic (exact) mass is 454 g/mol. The molecule has 2 rings (SSSR count). The molecule has 0 saturated heterocycles. The molecule has 0 saturated carbocycles. The Kier molecular flexibility index (Phi) is 9.91. The van der Waals surface area contributed by atoms with Gasteiger partial charge in [0.2, 0.25) is 0 Å². The van der Waals surface area contributed by atoms with Crippen LogP contribution >= 0.6 is 24.0 Å². The summed E-state index contributed by atoms with van der Waals surface area (Å²) < 4.78 is 5.71. The number of nitrogens with two attached hydrogens (primary N) is 1. The van der Waals surface area contributed by atoms with E-state index in [1.165, 1.54) is 0 Å². The van der Waals surface area contributed by atoms with Crippen molar-refractivity contribution in [3.63, 3.8) is 0 Å². The van der Waals surface area contributed by atoms with Gasteiger partial charge in [-0.05, 0) is 42.2 Å². The number of hydrogen-bond donors (Lipinski definition) is 2. The molecule has 0 fully saturated rings. The number of aliphatic imine (C=N–C) groups is 1. The molecule has 0 unspecified atom stereocenters. The summed E-state index contributed by atoms with van der Waals surface area (Å²) in [5, 5.41) is 3.13. The van der Waals surface area contributed by atoms with Crippen LogP contribution in [0.5, 0.6) is 5.75 Å². The van der Waals surface area contributed by atoms with Crippen LogP contribution in [0, 0.1) is 5.92 Å². The van der Waals surface area contributed by atoms with Gasteiger partial charge in [0.15, 0.2) is 5.96 Å². The van der Waals surface area contributed by atoms with Crippen LogP contribution in [0.1, 0.15) is 31.5 Å². The van der Waals surface area contributed by atoms with Gasteiger partial charge in [-0.2, -0.15) is 0 Å². The van der Waals surface area contributed by atoms with Crippen LogP contribution in [0.15, 0.2) is 53.7 Å². The van der Waals surface area contributed by atoms with E-state index in [2.05, 4.69) is 29.1 Å². The Morgan fingerprint density at radius 3 is 2.60 bits per heavy atom. The van der Waals surface area contributed by atoms with E-state index in [1.807, 2.05) is 42.5 Å². The number of halogens is 1. The molecule has 0 aliphatic heterocycles. The van der Waals surface area contributed by atoms with Crippen LogP contribution in [0.4, 0.5) is 0 Å². The highest BCUT2D eigenvalue weighted by molar-refractivity contribution is 14.0. The lowest BCUT2D eigenvalue weighted by Gasteiger charge is -2.08. The first-order chi connectivity index (χ1) is 11.6. The second-order valence-electron chi connectivity index (χ2n) is 6.06. The van der Waals surface area contributed by atoms with Crippen molar-refractivity contribution in [1.29, 1.82) is 0 Å². The van der Waals surface area contributed by atoms with Crippen LogP contribution in [0.2, 0.25) is 0 Å². The summed E-state index contributed by atoms with van der Waals surface area (Å²) >= 11 is 0. The van der Waals surface area contributed by atoms with Crippen LogP contribution in [-0.4, -0.2) is 17.5 Å². The van der Waals surface area contributed by atoms with Crippen LogP contribution in [0.25, 0.3) is 0 Å². The standard InChI is InChI=1S/C19H26N4O.HI/c1-15(2)10-12-22-19(20)23-13-16-6-8-18(9-7-16)24-14-17-5-3-4-11-21-17;/h3-9,11,15H,10,12-14H2,1-2H3,(H3,20,22,23);1H. The van der Waals surface area contributed by atoms with E-state index < -0.39 is 0 Å². The van der Waals surface area contributed by atoms with Gasteiger partial charge in [-0.3, -0.25) is 4.98 Å². The van der Waals surface area contributed by atoms with Crippen molar-refractivity contribution in [3.8, 4) is 5.75 Å². The molecule has 6 heteroatoms. The normalized spacial score (nSPS) is 11.1. The number of nitrogens with zero attached hydrogens (tertiary/aromatic N) is 2. The van der Waals surface area contributed by atoms with E-state index in [0.717, 1.165) is 30.0 Å². The zero-order valence-electron chi connectivity index (χ0n) is 14.8. The van der Waals surface area contributed by atoms with Crippen LogP contribution in [0.3, 0.4) is 0 Å². The minimum atomic E-state index is 0. The molecular weight excluding hydrogens is 427 g/mol. The lowest BCUT2D eigenvalue weighted by atomic mass is 10.1. The Morgan fingerprint density at radius 2 is 1.96 bits per heavy atom. The summed E-state index contributed by atoms with van der Waals surface area (Å²) in [6.07, 6.45) is 2.85. The predicted octanol–water partition coefficient (Wildman–Crippen LogP) is 3.73. The fraction of sp³-hybridized carbons (Fsp3) is 0.368. The van der Waals surface area contributed by atoms with Gasteiger partial charge in [-0.1, -0.05) is 32.0 Å². The molecular formula is C19H27IN4O. The molecule has 0 aliphatic rings. The molecule has 0 aliphatic carbocycles. The van der Waals surface area contributed by atoms with Crippen LogP contribution < -0.4 is 15.8 Å². The van der Waals surface area contributed by atoms with Gasteiger partial charge in [0.05, 0.1) is 12.2 Å². The first kappa shape index (κ1) is 21.2. The van der Waals surface area contributed by atoms with E-state index in [-0.39, 0.29) is 24.0 Å². The molecule has 0 bridgehead atoms. The van der Waals surface area contributed by atoms with E-state index in [1.54, 1.807) is 6.20 Å². The maximum atomic E-state index is 5.86. The maximum Gasteiger partial charge on any atom is 0.188 e. The average Bonchev–Trinajstić information content (AvgIpc) is 2.59. The summed E-state index contributed by atoms with van der Waals surface area (Å²) in [6.45, 7) is 6.25. The maximum absolute atomic E-state index is 5.86. The minimum Gasteiger partial charge on any atom is -0.487 e. The number of aromatic nitrogens is 1. The molecule has 1 aromatic heterocycles. The SMILES string of the molecule is CC(C)CCNC(N)=NCc1ccc(OCc2ccccn2)cc1.I. The predicted molar refractivity (Wildman–Crippen MR) is 113 cm³/mol. The number of benzene rings is 1. The molecule has 5 nitrogen and oxygen atoms in total. The second-order valence-corrected chi connectivity index (χ2v) is 6.06. The summed E-state index contributed by atoms with van der Waals surface area (Å²) in [5.41, 5.74) is 7.86. The van der Waals surface area contributed by atoms with Crippen molar-refractivity contribution in [2.45, 2.75) is 33.4 Å². The fourth-order valence-corrected chi connectivity index (χ4v) is 2.05. The number of guanidine groups is 1. The number of ether oxygens (including phenoxy) is 1. The molecule has 0 amide bonds. The molecule has 1 aromatic carbocycles. The molecule has 2 aromatic rings. The van der Waals surface area contributed by atoms with Gasteiger partial charge in [-0.15, -0.1) is 24.0 Å². The molecule has 25 heavy (non-hydrogen) atoms. The summed E-state index contributed by atoms with van der Waals surface area (Å²) in [5.74, 6) is 1.96. The van der Waals surface area contributed by atoms with Gasteiger partial charge in [-0.25, -0.2) is 4.99 Å². The van der Waals surface area contributed by atoms with Crippen molar-refractivity contribution in [1.82, 2.24) is 10.3 Å². The highest BCUT2D eigenvalue weighted by atomic mass is 127. The minimum absolute atomic E-state index is 0. The van der Waals surface area contributed by atoms with Crippen molar-refractivity contribution in [2.75, 3.05) is 6.54 Å². The summed E-state index contributed by atoms with van der Waals surface area (Å²) in [6, 6.07) is 13.7. The topological polar surface area (TPSA) is 72.5 Å². The van der Waals surface area contributed by atoms with E-state index in [9.17, 15) is 0 Å². The molecule has 0 radical (unpaired) electrons. The summed E-state index contributed by atoms with van der Waals surface area (Å²) in [7, 11) is 0. The Labute approximate surface area is 167 Å². The first-order valence-corrected chi connectivity index (χ1v) is 8.29. The Balaban J connectivity index is 0.00000312. The van der Waals surface area contributed by atoms with E-state index in [0.29, 0.717) is 25.0 Å². The molecule has 0 spiro atoms. The number of hydrogen-bond acceptors (Lipinski definition) is 3. The van der Waals surface area contributed by atoms with Crippen LogP contribution in [-0.2, 0) is 13.2 Å². The van der Waals surface area contributed by atoms with Crippen molar-refractivity contribution in [3.05, 3.63) is 59.9 Å². The molecule has 1 heterocycles. The van der Waals surface area contributed by atoms with Gasteiger partial charge in [0.25, 0.3) is 0 Å². The third-order valence-corrected chi connectivity index (χ3v) is 3.50. The lowest BCUT2D eigenvalue weighted by molar-refractivity contribution is 0.301. The highest BCUT2D eigenvalue weighted by Crippen LogP contribution is 2.14. The Morgan fingerprint density at radius 1 is 1.20 bits per heavy atom. The van der Waals surface area contributed by atoms with Gasteiger partial charge in [0, 0.05) is 12.7 Å². The Bertz CT molecular complexity index is 630. The average molecular weight is 454 g/mol. The van der Waals surface area contributed by atoms with Gasteiger partial charge < -0.3 is 15.8 Å². The fourth-order valence-electron chi connectivity index (χ4n) is 2.05. The van der Waals surface area contributed by atoms with Crippen molar-refractivity contribution < 1.29 is 4.74 Å². The number of nitrogens with one attached hydrogen (secondary N) is 1. The third-order valence-electron chi connectivity index (χ3n) is 3.50. The molecule has 136 valence electrons. The molecule has 0 atom stereocenters. The first-order valence-electron chi connectivity index (χ1n) is 8.29. The third kappa shape index (κ3) is 8.72. The highest BCUT2D eigenvalue weighted by Gasteiger charge is 1.99. The zero-order valence-corrected chi connectivity index (χ0v) is 17.1. The number of rotatable bonds is 8. The van der Waals surface area contributed by atoms with Crippen molar-refractivity contribution >= 4 is 29.9 Å². The zero-order chi connectivity index (χ0) is 17.2. The van der Waals surface area contributed by atoms with Gasteiger partial charge in [0.1, 0.15) is 12.4 Å².